The molecule has 3 rings (SSSR count). The van der Waals surface area contributed by atoms with E-state index in [2.05, 4.69) is 5.32 Å². The lowest BCUT2D eigenvalue weighted by Gasteiger charge is -2.32. The topological polar surface area (TPSA) is 49.4 Å². The van der Waals surface area contributed by atoms with Gasteiger partial charge in [-0.2, -0.15) is 0 Å². The highest BCUT2D eigenvalue weighted by atomic mass is 35.5. The second kappa shape index (κ2) is 6.24. The fourth-order valence-electron chi connectivity index (χ4n) is 3.24. The Labute approximate surface area is 133 Å². The van der Waals surface area contributed by atoms with Crippen LogP contribution in [0.25, 0.3) is 0 Å². The van der Waals surface area contributed by atoms with Crippen molar-refractivity contribution >= 4 is 29.1 Å². The number of carbonyl (C=O) groups excluding carboxylic acids is 2. The van der Waals surface area contributed by atoms with Crippen molar-refractivity contribution in [1.29, 1.82) is 0 Å². The van der Waals surface area contributed by atoms with Crippen LogP contribution in [0.5, 0.6) is 0 Å². The second-order valence-electron chi connectivity index (χ2n) is 5.87. The van der Waals surface area contributed by atoms with Gasteiger partial charge in [0.05, 0.1) is 5.69 Å². The normalized spacial score (nSPS) is 21.3. The van der Waals surface area contributed by atoms with Crippen LogP contribution in [0.15, 0.2) is 12.1 Å². The van der Waals surface area contributed by atoms with E-state index < -0.39 is 5.82 Å². The molecule has 1 atom stereocenters. The molecule has 2 heterocycles. The summed E-state index contributed by atoms with van der Waals surface area (Å²) in [7, 11) is 0. The summed E-state index contributed by atoms with van der Waals surface area (Å²) in [4.78, 5) is 25.5. The van der Waals surface area contributed by atoms with Crippen LogP contribution in [0.4, 0.5) is 10.1 Å². The lowest BCUT2D eigenvalue weighted by Crippen LogP contribution is -2.44. The van der Waals surface area contributed by atoms with Crippen LogP contribution < -0.4 is 10.2 Å². The van der Waals surface area contributed by atoms with Gasteiger partial charge in [-0.1, -0.05) is 11.6 Å². The van der Waals surface area contributed by atoms with Gasteiger partial charge < -0.3 is 10.2 Å². The van der Waals surface area contributed by atoms with Crippen LogP contribution in [0.1, 0.15) is 37.7 Å². The van der Waals surface area contributed by atoms with Crippen LogP contribution in [0.2, 0.25) is 5.02 Å². The maximum atomic E-state index is 14.2. The molecule has 2 amide bonds. The van der Waals surface area contributed by atoms with Gasteiger partial charge in [0.15, 0.2) is 0 Å². The number of rotatable bonds is 2. The van der Waals surface area contributed by atoms with Crippen LogP contribution in [-0.2, 0) is 16.0 Å². The molecule has 2 aliphatic heterocycles. The van der Waals surface area contributed by atoms with Crippen LogP contribution >= 0.6 is 11.6 Å². The minimum Gasteiger partial charge on any atom is -0.353 e. The molecule has 0 aromatic heterocycles. The first kappa shape index (κ1) is 15.3. The molecule has 2 aliphatic rings. The molecule has 22 heavy (non-hydrogen) atoms. The van der Waals surface area contributed by atoms with E-state index in [1.165, 1.54) is 17.0 Å². The number of nitrogens with zero attached hydrogens (tertiary/aromatic N) is 1. The van der Waals surface area contributed by atoms with E-state index in [1.807, 2.05) is 0 Å². The zero-order valence-corrected chi connectivity index (χ0v) is 13.0. The maximum absolute atomic E-state index is 14.2. The van der Waals surface area contributed by atoms with Crippen LogP contribution in [0, 0.1) is 5.82 Å². The van der Waals surface area contributed by atoms with E-state index in [1.54, 1.807) is 0 Å². The number of carbonyl (C=O) groups is 2. The minimum atomic E-state index is -0.417. The number of halogens is 2. The molecule has 0 saturated carbocycles. The van der Waals surface area contributed by atoms with Gasteiger partial charge in [-0.25, -0.2) is 4.39 Å². The Balaban J connectivity index is 1.80. The SMILES string of the molecule is O=C1CCCC(CC(=O)N2CCCc3c(Cl)ccc(F)c32)N1. The second-order valence-corrected chi connectivity index (χ2v) is 6.27. The molecular formula is C16H18ClFN2O2. The summed E-state index contributed by atoms with van der Waals surface area (Å²) >= 11 is 6.13. The smallest absolute Gasteiger partial charge is 0.229 e. The first-order valence-corrected chi connectivity index (χ1v) is 8.00. The highest BCUT2D eigenvalue weighted by Gasteiger charge is 2.29. The molecular weight excluding hydrogens is 307 g/mol. The number of anilines is 1. The van der Waals surface area contributed by atoms with Crippen LogP contribution in [0.3, 0.4) is 0 Å². The largest absolute Gasteiger partial charge is 0.353 e. The van der Waals surface area contributed by atoms with E-state index >= 15 is 0 Å². The number of benzene rings is 1. The fraction of sp³-hybridized carbons (Fsp3) is 0.500. The molecule has 1 fully saturated rings. The lowest BCUT2D eigenvalue weighted by atomic mass is 9.98. The molecule has 0 aliphatic carbocycles. The number of piperidine rings is 1. The summed E-state index contributed by atoms with van der Waals surface area (Å²) in [5, 5.41) is 3.33. The van der Waals surface area contributed by atoms with Gasteiger partial charge in [-0.3, -0.25) is 9.59 Å². The molecule has 6 heteroatoms. The summed E-state index contributed by atoms with van der Waals surface area (Å²) in [6.07, 6.45) is 3.74. The number of hydrogen-bond acceptors (Lipinski definition) is 2. The summed E-state index contributed by atoms with van der Waals surface area (Å²) in [5.41, 5.74) is 1.01. The average molecular weight is 325 g/mol. The van der Waals surface area contributed by atoms with E-state index in [9.17, 15) is 14.0 Å². The quantitative estimate of drug-likeness (QED) is 0.909. The average Bonchev–Trinajstić information content (AvgIpc) is 2.50. The predicted octanol–water partition coefficient (Wildman–Crippen LogP) is 2.82. The van der Waals surface area contributed by atoms with E-state index in [-0.39, 0.29) is 24.3 Å². The standard InChI is InChI=1S/C16H18ClFN2O2/c17-12-6-7-13(18)16-11(12)4-2-8-20(16)15(22)9-10-3-1-5-14(21)19-10/h6-7,10H,1-5,8-9H2,(H,19,21). The Morgan fingerprint density at radius 2 is 2.18 bits per heavy atom. The van der Waals surface area contributed by atoms with Crippen molar-refractivity contribution in [2.75, 3.05) is 11.4 Å². The fourth-order valence-corrected chi connectivity index (χ4v) is 3.49. The molecule has 1 aromatic rings. The van der Waals surface area contributed by atoms with Gasteiger partial charge >= 0.3 is 0 Å². The Kier molecular flexibility index (Phi) is 4.34. The molecule has 1 unspecified atom stereocenters. The number of fused-ring (bicyclic) bond motifs is 1. The Morgan fingerprint density at radius 3 is 2.95 bits per heavy atom. The zero-order valence-electron chi connectivity index (χ0n) is 12.2. The summed E-state index contributed by atoms with van der Waals surface area (Å²) < 4.78 is 14.2. The molecule has 0 bridgehead atoms. The lowest BCUT2D eigenvalue weighted by molar-refractivity contribution is -0.124. The van der Waals surface area contributed by atoms with Gasteiger partial charge in [-0.05, 0) is 43.4 Å². The Morgan fingerprint density at radius 1 is 1.36 bits per heavy atom. The van der Waals surface area contributed by atoms with Gasteiger partial charge in [0.1, 0.15) is 5.82 Å². The molecule has 4 nitrogen and oxygen atoms in total. The van der Waals surface area contributed by atoms with Crippen molar-refractivity contribution in [2.24, 2.45) is 0 Å². The number of nitrogens with one attached hydrogen (secondary N) is 1. The molecule has 1 N–H and O–H groups in total. The molecule has 0 spiro atoms. The molecule has 1 saturated heterocycles. The molecule has 0 radical (unpaired) electrons. The first-order chi connectivity index (χ1) is 10.6. The monoisotopic (exact) mass is 324 g/mol. The molecule has 1 aromatic carbocycles. The molecule has 118 valence electrons. The third-order valence-corrected chi connectivity index (χ3v) is 4.65. The van der Waals surface area contributed by atoms with Crippen LogP contribution in [-0.4, -0.2) is 24.4 Å². The minimum absolute atomic E-state index is 0.0164. The predicted molar refractivity (Wildman–Crippen MR) is 82.5 cm³/mol. The highest BCUT2D eigenvalue weighted by molar-refractivity contribution is 6.32. The highest BCUT2D eigenvalue weighted by Crippen LogP contribution is 2.35. The van der Waals surface area contributed by atoms with Crippen molar-refractivity contribution in [3.63, 3.8) is 0 Å². The van der Waals surface area contributed by atoms with Crippen molar-refractivity contribution in [3.8, 4) is 0 Å². The van der Waals surface area contributed by atoms with E-state index in [4.69, 9.17) is 11.6 Å². The summed E-state index contributed by atoms with van der Waals surface area (Å²) in [6, 6.07) is 2.68. The van der Waals surface area contributed by atoms with Crippen molar-refractivity contribution in [1.82, 2.24) is 5.32 Å². The Hall–Kier alpha value is -1.62. The van der Waals surface area contributed by atoms with Crippen molar-refractivity contribution in [2.45, 2.75) is 44.6 Å². The Bertz CT molecular complexity index is 620. The van der Waals surface area contributed by atoms with Crippen molar-refractivity contribution < 1.29 is 14.0 Å². The zero-order chi connectivity index (χ0) is 15.7. The third-order valence-electron chi connectivity index (χ3n) is 4.30. The summed E-state index contributed by atoms with van der Waals surface area (Å²) in [5.74, 6) is -0.591. The first-order valence-electron chi connectivity index (χ1n) is 7.63. The third kappa shape index (κ3) is 2.95. The summed E-state index contributed by atoms with van der Waals surface area (Å²) in [6.45, 7) is 0.490. The van der Waals surface area contributed by atoms with Gasteiger partial charge in [0.25, 0.3) is 0 Å². The maximum Gasteiger partial charge on any atom is 0.229 e. The van der Waals surface area contributed by atoms with Gasteiger partial charge in [0.2, 0.25) is 11.8 Å². The van der Waals surface area contributed by atoms with Gasteiger partial charge in [-0.15, -0.1) is 0 Å². The van der Waals surface area contributed by atoms with Crippen molar-refractivity contribution in [3.05, 3.63) is 28.5 Å². The van der Waals surface area contributed by atoms with Gasteiger partial charge in [0, 0.05) is 30.5 Å². The van der Waals surface area contributed by atoms with E-state index in [0.717, 1.165) is 19.3 Å². The number of amides is 2. The van der Waals surface area contributed by atoms with E-state index in [0.29, 0.717) is 35.7 Å². The number of hydrogen-bond donors (Lipinski definition) is 1.